The lowest BCUT2D eigenvalue weighted by molar-refractivity contribution is -0.159. The van der Waals surface area contributed by atoms with E-state index in [4.69, 9.17) is 0 Å². The minimum absolute atomic E-state index is 0.129. The molecule has 3 rings (SSSR count). The normalized spacial score (nSPS) is 29.9. The van der Waals surface area contributed by atoms with Gasteiger partial charge in [-0.05, 0) is 6.42 Å². The zero-order valence-corrected chi connectivity index (χ0v) is 8.18. The lowest BCUT2D eigenvalue weighted by atomic mass is 9.88. The van der Waals surface area contributed by atoms with Gasteiger partial charge in [0.25, 0.3) is 0 Å². The van der Waals surface area contributed by atoms with E-state index < -0.39 is 19.0 Å². The van der Waals surface area contributed by atoms with Gasteiger partial charge in [-0.2, -0.15) is 13.2 Å². The van der Waals surface area contributed by atoms with Crippen molar-refractivity contribution in [3.05, 3.63) is 0 Å². The van der Waals surface area contributed by atoms with E-state index in [0.717, 1.165) is 6.42 Å². The Labute approximate surface area is 85.6 Å². The number of nitrogens with one attached hydrogen (secondary N) is 1. The number of carbonyl (C=O) groups excluding carboxylic acids is 1. The van der Waals surface area contributed by atoms with Crippen molar-refractivity contribution in [3.8, 4) is 0 Å². The maximum Gasteiger partial charge on any atom is 0.389 e. The Balaban J connectivity index is 1.82. The Bertz CT molecular complexity index is 253. The van der Waals surface area contributed by atoms with Crippen molar-refractivity contribution in [2.45, 2.75) is 37.5 Å². The van der Waals surface area contributed by atoms with Crippen LogP contribution in [0.3, 0.4) is 0 Å². The number of fused-ring (bicyclic) bond motifs is 2. The zero-order chi connectivity index (χ0) is 11.1. The van der Waals surface area contributed by atoms with E-state index in [1.807, 2.05) is 0 Å². The molecule has 0 aliphatic carbocycles. The van der Waals surface area contributed by atoms with Crippen molar-refractivity contribution in [1.29, 1.82) is 0 Å². The summed E-state index contributed by atoms with van der Waals surface area (Å²) in [6.07, 6.45) is -4.70. The summed E-state index contributed by atoms with van der Waals surface area (Å²) in [7, 11) is 0. The SMILES string of the molecule is O=C(CCC(F)(F)F)N1C2CNCC1C2. The smallest absolute Gasteiger partial charge is 0.334 e. The molecule has 3 nitrogen and oxygen atoms in total. The fourth-order valence-electron chi connectivity index (χ4n) is 2.27. The van der Waals surface area contributed by atoms with Gasteiger partial charge in [-0.3, -0.25) is 4.79 Å². The number of alkyl halides is 3. The van der Waals surface area contributed by atoms with E-state index in [1.54, 1.807) is 4.90 Å². The van der Waals surface area contributed by atoms with Crippen LogP contribution in [0.25, 0.3) is 0 Å². The maximum atomic E-state index is 11.9. The summed E-state index contributed by atoms with van der Waals surface area (Å²) in [4.78, 5) is 13.1. The zero-order valence-electron chi connectivity index (χ0n) is 8.18. The summed E-state index contributed by atoms with van der Waals surface area (Å²) in [5.74, 6) is -0.352. The first kappa shape index (κ1) is 10.7. The molecule has 1 N–H and O–H groups in total. The molecular formula is C9H13F3N2O. The van der Waals surface area contributed by atoms with Crippen LogP contribution in [0.5, 0.6) is 0 Å². The van der Waals surface area contributed by atoms with Crippen LogP contribution in [0.1, 0.15) is 19.3 Å². The molecule has 0 aromatic carbocycles. The predicted octanol–water partition coefficient (Wildman–Crippen LogP) is 0.902. The first-order chi connectivity index (χ1) is 6.97. The summed E-state index contributed by atoms with van der Waals surface area (Å²) in [6, 6.07) is 0.258. The van der Waals surface area contributed by atoms with Crippen LogP contribution < -0.4 is 5.32 Å². The third-order valence-corrected chi connectivity index (χ3v) is 3.00. The molecular weight excluding hydrogens is 209 g/mol. The Morgan fingerprint density at radius 3 is 2.40 bits per heavy atom. The number of piperidine rings is 1. The molecule has 2 atom stereocenters. The number of nitrogens with zero attached hydrogens (tertiary/aromatic N) is 1. The van der Waals surface area contributed by atoms with Gasteiger partial charge in [0, 0.05) is 31.6 Å². The molecule has 6 heteroatoms. The van der Waals surface area contributed by atoms with Crippen LogP contribution in [0.2, 0.25) is 0 Å². The highest BCUT2D eigenvalue weighted by atomic mass is 19.4. The lowest BCUT2D eigenvalue weighted by Gasteiger charge is -2.53. The van der Waals surface area contributed by atoms with Gasteiger partial charge in [0.2, 0.25) is 5.91 Å². The van der Waals surface area contributed by atoms with Gasteiger partial charge in [0.05, 0.1) is 6.42 Å². The largest absolute Gasteiger partial charge is 0.389 e. The average Bonchev–Trinajstić information content (AvgIpc) is 2.15. The Morgan fingerprint density at radius 1 is 1.33 bits per heavy atom. The molecule has 0 aromatic heterocycles. The molecule has 2 unspecified atom stereocenters. The van der Waals surface area contributed by atoms with Crippen LogP contribution in [-0.4, -0.2) is 42.2 Å². The van der Waals surface area contributed by atoms with Crippen LogP contribution >= 0.6 is 0 Å². The summed E-state index contributed by atoms with van der Waals surface area (Å²) >= 11 is 0. The summed E-state index contributed by atoms with van der Waals surface area (Å²) in [5.41, 5.74) is 0. The molecule has 0 radical (unpaired) electrons. The molecule has 1 amide bonds. The van der Waals surface area contributed by atoms with Crippen LogP contribution in [0, 0.1) is 0 Å². The second-order valence-corrected chi connectivity index (χ2v) is 4.12. The van der Waals surface area contributed by atoms with Gasteiger partial charge in [-0.1, -0.05) is 0 Å². The molecule has 3 aliphatic rings. The van der Waals surface area contributed by atoms with Crippen LogP contribution in [0.4, 0.5) is 13.2 Å². The topological polar surface area (TPSA) is 32.3 Å². The average molecular weight is 222 g/mol. The first-order valence-corrected chi connectivity index (χ1v) is 5.06. The van der Waals surface area contributed by atoms with Gasteiger partial charge in [-0.25, -0.2) is 0 Å². The molecule has 0 aromatic rings. The van der Waals surface area contributed by atoms with Gasteiger partial charge in [-0.15, -0.1) is 0 Å². The summed E-state index contributed by atoms with van der Waals surface area (Å²) in [5, 5.41) is 3.13. The molecule has 2 bridgehead atoms. The Morgan fingerprint density at radius 2 is 1.93 bits per heavy atom. The quantitative estimate of drug-likeness (QED) is 0.753. The fraction of sp³-hybridized carbons (Fsp3) is 0.889. The number of amides is 1. The summed E-state index contributed by atoms with van der Waals surface area (Å²) in [6.45, 7) is 1.43. The van der Waals surface area contributed by atoms with Crippen molar-refractivity contribution in [2.24, 2.45) is 0 Å². The van der Waals surface area contributed by atoms with E-state index in [1.165, 1.54) is 0 Å². The van der Waals surface area contributed by atoms with E-state index in [2.05, 4.69) is 5.32 Å². The Hall–Kier alpha value is -0.780. The lowest BCUT2D eigenvalue weighted by Crippen LogP contribution is -2.69. The molecule has 15 heavy (non-hydrogen) atoms. The summed E-state index contributed by atoms with van der Waals surface area (Å²) < 4.78 is 35.7. The number of halogens is 3. The number of hydrogen-bond donors (Lipinski definition) is 1. The number of carbonyl (C=O) groups is 1. The minimum Gasteiger partial charge on any atom is -0.334 e. The van der Waals surface area contributed by atoms with Gasteiger partial charge >= 0.3 is 6.18 Å². The molecule has 3 heterocycles. The highest BCUT2D eigenvalue weighted by Gasteiger charge is 2.44. The second-order valence-electron chi connectivity index (χ2n) is 4.12. The standard InChI is InChI=1S/C9H13F3N2O/c10-9(11,12)2-1-8(15)14-6-3-7(14)5-13-4-6/h6-7,13H,1-5H2. The van der Waals surface area contributed by atoms with Crippen molar-refractivity contribution < 1.29 is 18.0 Å². The number of hydrogen-bond acceptors (Lipinski definition) is 2. The van der Waals surface area contributed by atoms with E-state index in [-0.39, 0.29) is 18.0 Å². The van der Waals surface area contributed by atoms with E-state index >= 15 is 0 Å². The van der Waals surface area contributed by atoms with Crippen molar-refractivity contribution in [2.75, 3.05) is 13.1 Å². The molecule has 86 valence electrons. The first-order valence-electron chi connectivity index (χ1n) is 5.06. The Kier molecular flexibility index (Phi) is 2.62. The molecule has 3 aliphatic heterocycles. The third kappa shape index (κ3) is 2.25. The number of piperazine rings is 1. The number of rotatable bonds is 2. The third-order valence-electron chi connectivity index (χ3n) is 3.00. The fourth-order valence-corrected chi connectivity index (χ4v) is 2.27. The highest BCUT2D eigenvalue weighted by Crippen LogP contribution is 2.30. The van der Waals surface area contributed by atoms with E-state index in [0.29, 0.717) is 13.1 Å². The maximum absolute atomic E-state index is 11.9. The molecule has 0 spiro atoms. The van der Waals surface area contributed by atoms with Crippen molar-refractivity contribution in [1.82, 2.24) is 10.2 Å². The van der Waals surface area contributed by atoms with Crippen LogP contribution in [-0.2, 0) is 4.79 Å². The van der Waals surface area contributed by atoms with Gasteiger partial charge in [0.1, 0.15) is 0 Å². The minimum atomic E-state index is -4.23. The van der Waals surface area contributed by atoms with E-state index in [9.17, 15) is 18.0 Å². The highest BCUT2D eigenvalue weighted by molar-refractivity contribution is 5.78. The van der Waals surface area contributed by atoms with Crippen molar-refractivity contribution >= 4 is 5.91 Å². The molecule has 3 fully saturated rings. The van der Waals surface area contributed by atoms with Gasteiger partial charge < -0.3 is 10.2 Å². The van der Waals surface area contributed by atoms with Gasteiger partial charge in [0.15, 0.2) is 0 Å². The van der Waals surface area contributed by atoms with Crippen molar-refractivity contribution in [3.63, 3.8) is 0 Å². The second kappa shape index (κ2) is 3.66. The monoisotopic (exact) mass is 222 g/mol. The molecule has 3 saturated heterocycles. The van der Waals surface area contributed by atoms with Crippen LogP contribution in [0.15, 0.2) is 0 Å². The predicted molar refractivity (Wildman–Crippen MR) is 47.2 cm³/mol. The molecule has 0 saturated carbocycles.